The molecule has 0 spiro atoms. The van der Waals surface area contributed by atoms with Crippen LogP contribution in [0.4, 0.5) is 0 Å². The van der Waals surface area contributed by atoms with Crippen molar-refractivity contribution >= 4 is 5.97 Å². The third-order valence-corrected chi connectivity index (χ3v) is 3.92. The van der Waals surface area contributed by atoms with E-state index >= 15 is 0 Å². The molecule has 0 unspecified atom stereocenters. The molecule has 0 saturated carbocycles. The minimum Gasteiger partial charge on any atom is -0.481 e. The Balaban J connectivity index is -0.000000867. The van der Waals surface area contributed by atoms with Crippen molar-refractivity contribution in [3.63, 3.8) is 0 Å². The number of aliphatic hydroxyl groups is 1. The van der Waals surface area contributed by atoms with Gasteiger partial charge in [0.1, 0.15) is 0 Å². The zero-order valence-corrected chi connectivity index (χ0v) is 18.9. The van der Waals surface area contributed by atoms with Crippen molar-refractivity contribution in [2.24, 2.45) is 5.92 Å². The van der Waals surface area contributed by atoms with E-state index in [0.717, 1.165) is 18.8 Å². The Morgan fingerprint density at radius 1 is 0.680 bits per heavy atom. The van der Waals surface area contributed by atoms with Crippen molar-refractivity contribution in [1.29, 1.82) is 0 Å². The largest absolute Gasteiger partial charge is 0.481 e. The third kappa shape index (κ3) is 40.3. The fraction of sp³-hybridized carbons (Fsp3) is 0.952. The molecule has 0 aliphatic carbocycles. The Kier molecular flexibility index (Phi) is 28.9. The van der Waals surface area contributed by atoms with Gasteiger partial charge in [0, 0.05) is 34.2 Å². The first-order valence-corrected chi connectivity index (χ1v) is 10.3. The maximum Gasteiger partial charge on any atom is 0.303 e. The molecule has 25 heavy (non-hydrogen) atoms. The molecule has 0 heterocycles. The fourth-order valence-electron chi connectivity index (χ4n) is 2.60. The summed E-state index contributed by atoms with van der Waals surface area (Å²) in [5, 5.41) is 16.6. The van der Waals surface area contributed by atoms with Gasteiger partial charge in [-0.25, -0.2) is 0 Å². The Bertz CT molecular complexity index is 253. The van der Waals surface area contributed by atoms with Crippen molar-refractivity contribution in [2.75, 3.05) is 0 Å². The van der Waals surface area contributed by atoms with E-state index in [-0.39, 0.29) is 27.8 Å². The third-order valence-electron chi connectivity index (χ3n) is 3.92. The predicted octanol–water partition coefficient (Wildman–Crippen LogP) is 6.57. The fourth-order valence-corrected chi connectivity index (χ4v) is 2.60. The maximum atomic E-state index is 10.3. The van der Waals surface area contributed by atoms with Crippen LogP contribution >= 0.6 is 0 Å². The van der Waals surface area contributed by atoms with E-state index in [9.17, 15) is 4.79 Å². The smallest absolute Gasteiger partial charge is 0.303 e. The van der Waals surface area contributed by atoms with Gasteiger partial charge in [-0.2, -0.15) is 0 Å². The van der Waals surface area contributed by atoms with Gasteiger partial charge in [-0.05, 0) is 26.2 Å². The molecule has 0 aromatic rings. The number of carboxylic acids is 1. The summed E-state index contributed by atoms with van der Waals surface area (Å²) >= 11 is 0. The van der Waals surface area contributed by atoms with Crippen LogP contribution in [0.25, 0.3) is 0 Å². The summed E-state index contributed by atoms with van der Waals surface area (Å²) in [6, 6.07) is 0. The maximum absolute atomic E-state index is 10.3. The van der Waals surface area contributed by atoms with Gasteiger partial charge in [0.2, 0.25) is 0 Å². The second-order valence-electron chi connectivity index (χ2n) is 7.66. The van der Waals surface area contributed by atoms with E-state index in [1.807, 2.05) is 0 Å². The number of hydrogen-bond acceptors (Lipinski definition) is 2. The van der Waals surface area contributed by atoms with E-state index in [2.05, 4.69) is 13.8 Å². The van der Waals surface area contributed by atoms with Crippen LogP contribution in [0.5, 0.6) is 0 Å². The van der Waals surface area contributed by atoms with Gasteiger partial charge in [-0.15, -0.1) is 0 Å². The summed E-state index contributed by atoms with van der Waals surface area (Å²) in [5.41, 5.74) is 0. The molecule has 0 atom stereocenters. The average molecular weight is 392 g/mol. The first kappa shape index (κ1) is 29.9. The van der Waals surface area contributed by atoms with Crippen molar-refractivity contribution in [3.8, 4) is 0 Å². The number of hydrogen-bond donors (Lipinski definition) is 2. The Morgan fingerprint density at radius 2 is 0.960 bits per heavy atom. The van der Waals surface area contributed by atoms with Crippen molar-refractivity contribution in [3.05, 3.63) is 0 Å². The molecule has 4 heteroatoms. The van der Waals surface area contributed by atoms with Crippen molar-refractivity contribution in [2.45, 2.75) is 124 Å². The molecule has 0 aromatic carbocycles. The van der Waals surface area contributed by atoms with Gasteiger partial charge in [0.05, 0.1) is 0 Å². The van der Waals surface area contributed by atoms with E-state index in [4.69, 9.17) is 10.2 Å². The SMILES string of the molecule is CC(C)CCCCCCCCCCCCCCC(=O)O.CC(C)O.[Ti]. The van der Waals surface area contributed by atoms with Crippen LogP contribution in [-0.2, 0) is 26.5 Å². The van der Waals surface area contributed by atoms with E-state index in [1.165, 1.54) is 70.6 Å². The molecular formula is C21H44O3Ti. The molecule has 0 aromatic heterocycles. The zero-order valence-electron chi connectivity index (χ0n) is 17.4. The second-order valence-corrected chi connectivity index (χ2v) is 7.66. The Hall–Kier alpha value is 0.144. The number of unbranched alkanes of at least 4 members (excludes halogenated alkanes) is 11. The van der Waals surface area contributed by atoms with E-state index in [1.54, 1.807) is 13.8 Å². The zero-order chi connectivity index (χ0) is 18.6. The van der Waals surface area contributed by atoms with Gasteiger partial charge < -0.3 is 10.2 Å². The topological polar surface area (TPSA) is 57.5 Å². The van der Waals surface area contributed by atoms with Gasteiger partial charge in [0.15, 0.2) is 0 Å². The number of carbonyl (C=O) groups is 1. The number of aliphatic carboxylic acids is 1. The first-order valence-electron chi connectivity index (χ1n) is 10.3. The summed E-state index contributed by atoms with van der Waals surface area (Å²) in [5.74, 6) is 0.212. The van der Waals surface area contributed by atoms with Crippen molar-refractivity contribution < 1.29 is 36.7 Å². The number of carboxylic acid groups (broad SMARTS) is 1. The predicted molar refractivity (Wildman–Crippen MR) is 104 cm³/mol. The van der Waals surface area contributed by atoms with Crippen LogP contribution in [0.15, 0.2) is 0 Å². The number of rotatable bonds is 15. The summed E-state index contributed by atoms with van der Waals surface area (Å²) < 4.78 is 0. The summed E-state index contributed by atoms with van der Waals surface area (Å²) in [6.45, 7) is 8.06. The van der Waals surface area contributed by atoms with Crippen LogP contribution in [0, 0.1) is 5.92 Å². The standard InChI is InChI=1S/C18H36O2.C3H8O.Ti/c1-17(2)15-13-11-9-7-5-3-4-6-8-10-12-14-16-18(19)20;1-3(2)4;/h17H,3-16H2,1-2H3,(H,19,20);3-4H,1-2H3;. The minimum absolute atomic E-state index is 0. The Morgan fingerprint density at radius 3 is 1.24 bits per heavy atom. The molecule has 0 fully saturated rings. The van der Waals surface area contributed by atoms with Gasteiger partial charge >= 0.3 is 5.97 Å². The summed E-state index contributed by atoms with van der Waals surface area (Å²) in [7, 11) is 0. The van der Waals surface area contributed by atoms with Gasteiger partial charge in [-0.1, -0.05) is 90.9 Å². The molecule has 150 valence electrons. The van der Waals surface area contributed by atoms with Gasteiger partial charge in [-0.3, -0.25) is 4.79 Å². The van der Waals surface area contributed by atoms with Crippen LogP contribution in [0.2, 0.25) is 0 Å². The second kappa shape index (κ2) is 24.1. The quantitative estimate of drug-likeness (QED) is 0.245. The van der Waals surface area contributed by atoms with E-state index in [0.29, 0.717) is 6.42 Å². The average Bonchev–Trinajstić information content (AvgIpc) is 2.46. The number of aliphatic hydroxyl groups excluding tert-OH is 1. The van der Waals surface area contributed by atoms with Crippen molar-refractivity contribution in [1.82, 2.24) is 0 Å². The normalized spacial score (nSPS) is 10.4. The molecule has 0 amide bonds. The monoisotopic (exact) mass is 392 g/mol. The van der Waals surface area contributed by atoms with Crippen LogP contribution in [-0.4, -0.2) is 22.3 Å². The van der Waals surface area contributed by atoms with Crippen LogP contribution < -0.4 is 0 Å². The molecule has 0 radical (unpaired) electrons. The molecular weight excluding hydrogens is 348 g/mol. The molecule has 0 rings (SSSR count). The molecule has 3 nitrogen and oxygen atoms in total. The van der Waals surface area contributed by atoms with E-state index < -0.39 is 5.97 Å². The summed E-state index contributed by atoms with van der Waals surface area (Å²) in [4.78, 5) is 10.3. The van der Waals surface area contributed by atoms with Crippen LogP contribution in [0.1, 0.15) is 118 Å². The first-order chi connectivity index (χ1) is 11.4. The minimum atomic E-state index is -0.654. The summed E-state index contributed by atoms with van der Waals surface area (Å²) in [6.07, 6.45) is 17.2. The molecule has 0 aliphatic rings. The Labute approximate surface area is 172 Å². The molecule has 0 bridgehead atoms. The molecule has 2 N–H and O–H groups in total. The van der Waals surface area contributed by atoms with Gasteiger partial charge in [0.25, 0.3) is 0 Å². The van der Waals surface area contributed by atoms with Crippen LogP contribution in [0.3, 0.4) is 0 Å². The molecule has 0 saturated heterocycles. The molecule has 0 aliphatic heterocycles.